The molecule has 0 saturated carbocycles. The average Bonchev–Trinajstić information content (AvgIpc) is 2.68. The molecule has 144 valence electrons. The number of aryl methyl sites for hydroxylation is 1. The molecule has 2 aromatic rings. The van der Waals surface area contributed by atoms with Crippen LogP contribution in [0.25, 0.3) is 6.08 Å². The predicted molar refractivity (Wildman–Crippen MR) is 109 cm³/mol. The molecular weight excluding hydrogens is 340 g/mol. The van der Waals surface area contributed by atoms with Gasteiger partial charge in [0.25, 0.3) is 0 Å². The molecule has 4 heteroatoms. The van der Waals surface area contributed by atoms with Gasteiger partial charge in [-0.15, -0.1) is 0 Å². The SMILES string of the molecule is CCCOc1ccc(C(=O)C=Cc2cc(C)c(OCC)cc2OCC)cc1. The summed E-state index contributed by atoms with van der Waals surface area (Å²) in [5, 5.41) is 0. The van der Waals surface area contributed by atoms with Crippen LogP contribution in [0.3, 0.4) is 0 Å². The first-order chi connectivity index (χ1) is 13.1. The van der Waals surface area contributed by atoms with Crippen molar-refractivity contribution in [2.24, 2.45) is 0 Å². The maximum atomic E-state index is 12.5. The van der Waals surface area contributed by atoms with Crippen molar-refractivity contribution in [2.75, 3.05) is 19.8 Å². The molecule has 2 rings (SSSR count). The molecule has 0 spiro atoms. The molecule has 0 atom stereocenters. The summed E-state index contributed by atoms with van der Waals surface area (Å²) >= 11 is 0. The normalized spacial score (nSPS) is 10.8. The second-order valence-corrected chi connectivity index (χ2v) is 6.09. The fourth-order valence-corrected chi connectivity index (χ4v) is 2.61. The number of hydrogen-bond donors (Lipinski definition) is 0. The van der Waals surface area contributed by atoms with Crippen LogP contribution in [-0.4, -0.2) is 25.6 Å². The minimum atomic E-state index is -0.0639. The van der Waals surface area contributed by atoms with Crippen LogP contribution < -0.4 is 14.2 Å². The molecule has 2 aromatic carbocycles. The molecule has 0 N–H and O–H groups in total. The van der Waals surface area contributed by atoms with E-state index in [1.54, 1.807) is 24.3 Å². The van der Waals surface area contributed by atoms with Crippen molar-refractivity contribution in [1.82, 2.24) is 0 Å². The van der Waals surface area contributed by atoms with Crippen LogP contribution >= 0.6 is 0 Å². The van der Waals surface area contributed by atoms with Gasteiger partial charge in [-0.05, 0) is 75.2 Å². The van der Waals surface area contributed by atoms with Gasteiger partial charge < -0.3 is 14.2 Å². The lowest BCUT2D eigenvalue weighted by molar-refractivity contribution is 0.104. The molecule has 0 aromatic heterocycles. The molecule has 0 unspecified atom stereocenters. The van der Waals surface area contributed by atoms with Crippen molar-refractivity contribution in [3.8, 4) is 17.2 Å². The molecule has 0 radical (unpaired) electrons. The summed E-state index contributed by atoms with van der Waals surface area (Å²) in [6, 6.07) is 11.1. The van der Waals surface area contributed by atoms with E-state index >= 15 is 0 Å². The van der Waals surface area contributed by atoms with E-state index in [1.165, 1.54) is 0 Å². The van der Waals surface area contributed by atoms with E-state index in [0.717, 1.165) is 29.0 Å². The Labute approximate surface area is 161 Å². The smallest absolute Gasteiger partial charge is 0.185 e. The molecule has 4 nitrogen and oxygen atoms in total. The van der Waals surface area contributed by atoms with Crippen LogP contribution in [0.1, 0.15) is 48.7 Å². The van der Waals surface area contributed by atoms with Gasteiger partial charge in [0.2, 0.25) is 0 Å². The van der Waals surface area contributed by atoms with Gasteiger partial charge in [0.15, 0.2) is 5.78 Å². The molecule has 0 aliphatic heterocycles. The first-order valence-corrected chi connectivity index (χ1v) is 9.44. The van der Waals surface area contributed by atoms with Gasteiger partial charge in [0.05, 0.1) is 19.8 Å². The average molecular weight is 368 g/mol. The zero-order valence-electron chi connectivity index (χ0n) is 16.6. The maximum absolute atomic E-state index is 12.5. The van der Waals surface area contributed by atoms with Gasteiger partial charge in [-0.25, -0.2) is 0 Å². The minimum absolute atomic E-state index is 0.0639. The first kappa shape index (κ1) is 20.6. The predicted octanol–water partition coefficient (Wildman–Crippen LogP) is 5.48. The Morgan fingerprint density at radius 1 is 0.926 bits per heavy atom. The molecule has 0 heterocycles. The molecule has 0 bridgehead atoms. The van der Waals surface area contributed by atoms with Gasteiger partial charge in [0, 0.05) is 17.2 Å². The highest BCUT2D eigenvalue weighted by atomic mass is 16.5. The molecule has 0 aliphatic rings. The first-order valence-electron chi connectivity index (χ1n) is 9.44. The second kappa shape index (κ2) is 10.4. The fraction of sp³-hybridized carbons (Fsp3) is 0.348. The monoisotopic (exact) mass is 368 g/mol. The highest BCUT2D eigenvalue weighted by Crippen LogP contribution is 2.30. The fourth-order valence-electron chi connectivity index (χ4n) is 2.61. The summed E-state index contributed by atoms with van der Waals surface area (Å²) in [7, 11) is 0. The Morgan fingerprint density at radius 3 is 2.22 bits per heavy atom. The Bertz CT molecular complexity index is 776. The number of ether oxygens (including phenoxy) is 3. The number of allylic oxidation sites excluding steroid dienone is 1. The van der Waals surface area contributed by atoms with E-state index in [2.05, 4.69) is 6.92 Å². The number of benzene rings is 2. The third kappa shape index (κ3) is 5.88. The lowest BCUT2D eigenvalue weighted by Gasteiger charge is -2.13. The van der Waals surface area contributed by atoms with Crippen LogP contribution in [0, 0.1) is 6.92 Å². The number of rotatable bonds is 10. The van der Waals surface area contributed by atoms with Crippen molar-refractivity contribution < 1.29 is 19.0 Å². The molecule has 0 amide bonds. The summed E-state index contributed by atoms with van der Waals surface area (Å²) in [4.78, 5) is 12.5. The zero-order chi connectivity index (χ0) is 19.6. The highest BCUT2D eigenvalue weighted by Gasteiger charge is 2.09. The quantitative estimate of drug-likeness (QED) is 0.412. The van der Waals surface area contributed by atoms with Crippen molar-refractivity contribution >= 4 is 11.9 Å². The van der Waals surface area contributed by atoms with Crippen LogP contribution in [0.2, 0.25) is 0 Å². The Balaban J connectivity index is 2.18. The number of hydrogen-bond acceptors (Lipinski definition) is 4. The number of ketones is 1. The molecule has 0 aliphatic carbocycles. The van der Waals surface area contributed by atoms with Crippen molar-refractivity contribution in [3.63, 3.8) is 0 Å². The van der Waals surface area contributed by atoms with Gasteiger partial charge in [-0.2, -0.15) is 0 Å². The van der Waals surface area contributed by atoms with E-state index < -0.39 is 0 Å². The van der Waals surface area contributed by atoms with Crippen molar-refractivity contribution in [1.29, 1.82) is 0 Å². The van der Waals surface area contributed by atoms with Crippen molar-refractivity contribution in [2.45, 2.75) is 34.1 Å². The summed E-state index contributed by atoms with van der Waals surface area (Å²) in [6.45, 7) is 9.73. The van der Waals surface area contributed by atoms with E-state index in [-0.39, 0.29) is 5.78 Å². The summed E-state index contributed by atoms with van der Waals surface area (Å²) in [5.41, 5.74) is 2.48. The maximum Gasteiger partial charge on any atom is 0.185 e. The Kier molecular flexibility index (Phi) is 7.93. The van der Waals surface area contributed by atoms with E-state index in [0.29, 0.717) is 31.1 Å². The van der Waals surface area contributed by atoms with Crippen LogP contribution in [-0.2, 0) is 0 Å². The zero-order valence-corrected chi connectivity index (χ0v) is 16.6. The summed E-state index contributed by atoms with van der Waals surface area (Å²) in [5.74, 6) is 2.22. The highest BCUT2D eigenvalue weighted by molar-refractivity contribution is 6.07. The second-order valence-electron chi connectivity index (χ2n) is 6.09. The summed E-state index contributed by atoms with van der Waals surface area (Å²) < 4.78 is 16.9. The van der Waals surface area contributed by atoms with E-state index in [4.69, 9.17) is 14.2 Å². The third-order valence-corrected chi connectivity index (χ3v) is 3.93. The van der Waals surface area contributed by atoms with Gasteiger partial charge >= 0.3 is 0 Å². The van der Waals surface area contributed by atoms with Crippen LogP contribution in [0.4, 0.5) is 0 Å². The third-order valence-electron chi connectivity index (χ3n) is 3.93. The number of carbonyl (C=O) groups excluding carboxylic acids is 1. The molecule has 27 heavy (non-hydrogen) atoms. The van der Waals surface area contributed by atoms with Crippen LogP contribution in [0.15, 0.2) is 42.5 Å². The van der Waals surface area contributed by atoms with Gasteiger partial charge in [-0.3, -0.25) is 4.79 Å². The minimum Gasteiger partial charge on any atom is -0.494 e. The number of carbonyl (C=O) groups is 1. The molecule has 0 fully saturated rings. The standard InChI is InChI=1S/C23H28O4/c1-5-14-27-20-11-8-18(9-12-20)21(24)13-10-19-15-17(4)22(25-6-2)16-23(19)26-7-3/h8-13,15-16H,5-7,14H2,1-4H3. The van der Waals surface area contributed by atoms with E-state index in [1.807, 2.05) is 45.0 Å². The van der Waals surface area contributed by atoms with Gasteiger partial charge in [0.1, 0.15) is 17.2 Å². The Hall–Kier alpha value is -2.75. The van der Waals surface area contributed by atoms with Gasteiger partial charge in [-0.1, -0.05) is 6.92 Å². The lowest BCUT2D eigenvalue weighted by Crippen LogP contribution is -2.00. The largest absolute Gasteiger partial charge is 0.494 e. The topological polar surface area (TPSA) is 44.8 Å². The molecule has 0 saturated heterocycles. The lowest BCUT2D eigenvalue weighted by atomic mass is 10.1. The molecular formula is C23H28O4. The van der Waals surface area contributed by atoms with E-state index in [9.17, 15) is 4.79 Å². The summed E-state index contributed by atoms with van der Waals surface area (Å²) in [6.07, 6.45) is 4.31. The van der Waals surface area contributed by atoms with Crippen LogP contribution in [0.5, 0.6) is 17.2 Å². The Morgan fingerprint density at radius 2 is 1.59 bits per heavy atom. The van der Waals surface area contributed by atoms with Crippen molar-refractivity contribution in [3.05, 3.63) is 59.2 Å².